The van der Waals surface area contributed by atoms with Crippen LogP contribution in [0.5, 0.6) is 0 Å². The first-order chi connectivity index (χ1) is 8.18. The van der Waals surface area contributed by atoms with Gasteiger partial charge in [-0.2, -0.15) is 0 Å². The van der Waals surface area contributed by atoms with E-state index in [1.807, 2.05) is 0 Å². The highest BCUT2D eigenvalue weighted by molar-refractivity contribution is 5.81. The summed E-state index contributed by atoms with van der Waals surface area (Å²) in [6.45, 7) is 1.67. The van der Waals surface area contributed by atoms with E-state index in [1.54, 1.807) is 0 Å². The van der Waals surface area contributed by atoms with Crippen molar-refractivity contribution in [2.24, 2.45) is 0 Å². The minimum Gasteiger partial charge on any atom is -0.365 e. The summed E-state index contributed by atoms with van der Waals surface area (Å²) in [6, 6.07) is 0. The third-order valence-corrected chi connectivity index (χ3v) is 2.26. The minimum atomic E-state index is -2.42. The van der Waals surface area contributed by atoms with Gasteiger partial charge in [-0.05, 0) is 12.5 Å². The molecule has 2 aromatic heterocycles. The zero-order valence-corrected chi connectivity index (χ0v) is 9.11. The molecule has 0 bridgehead atoms. The van der Waals surface area contributed by atoms with Gasteiger partial charge >= 0.3 is 0 Å². The van der Waals surface area contributed by atoms with Crippen LogP contribution in [0.3, 0.4) is 0 Å². The smallest absolute Gasteiger partial charge is 0.259 e. The fourth-order valence-corrected chi connectivity index (χ4v) is 1.30. The van der Waals surface area contributed by atoms with Gasteiger partial charge in [0.1, 0.15) is 11.8 Å². The van der Waals surface area contributed by atoms with Gasteiger partial charge in [0.05, 0.1) is 6.33 Å². The second kappa shape index (κ2) is 4.86. The van der Waals surface area contributed by atoms with E-state index in [2.05, 4.69) is 25.3 Å². The lowest BCUT2D eigenvalue weighted by Gasteiger charge is -2.03. The molecule has 0 radical (unpaired) electrons. The fourth-order valence-electron chi connectivity index (χ4n) is 1.30. The van der Waals surface area contributed by atoms with Gasteiger partial charge in [-0.3, -0.25) is 0 Å². The van der Waals surface area contributed by atoms with Gasteiger partial charge in [0.2, 0.25) is 0 Å². The molecule has 0 aromatic carbocycles. The fraction of sp³-hybridized carbons (Fsp3) is 0.300. The summed E-state index contributed by atoms with van der Waals surface area (Å²) in [5, 5.41) is 2.93. The molecule has 2 rings (SSSR count). The number of nitrogens with zero attached hydrogens (tertiary/aromatic N) is 3. The number of aromatic nitrogens is 4. The first kappa shape index (κ1) is 11.4. The molecule has 90 valence electrons. The number of halogens is 2. The Kier molecular flexibility index (Phi) is 3.27. The summed E-state index contributed by atoms with van der Waals surface area (Å²) in [5.41, 5.74) is 1.24. The Hall–Kier alpha value is -2.05. The van der Waals surface area contributed by atoms with E-state index in [4.69, 9.17) is 0 Å². The van der Waals surface area contributed by atoms with E-state index in [0.29, 0.717) is 17.0 Å². The zero-order valence-electron chi connectivity index (χ0n) is 9.11. The number of rotatable bonds is 4. The average Bonchev–Trinajstić information content (AvgIpc) is 2.77. The van der Waals surface area contributed by atoms with Gasteiger partial charge in [-0.25, -0.2) is 23.7 Å². The molecule has 2 N–H and O–H groups in total. The predicted octanol–water partition coefficient (Wildman–Crippen LogP) is 1.98. The van der Waals surface area contributed by atoms with Crippen LogP contribution in [-0.2, 0) is 0 Å². The molecule has 0 unspecified atom stereocenters. The van der Waals surface area contributed by atoms with Crippen molar-refractivity contribution >= 4 is 17.0 Å². The van der Waals surface area contributed by atoms with Crippen molar-refractivity contribution in [3.63, 3.8) is 0 Å². The predicted molar refractivity (Wildman–Crippen MR) is 59.9 cm³/mol. The van der Waals surface area contributed by atoms with Crippen LogP contribution in [0.15, 0.2) is 24.3 Å². The number of hydrogen-bond acceptors (Lipinski definition) is 4. The highest BCUT2D eigenvalue weighted by Gasteiger charge is 2.06. The molecule has 0 atom stereocenters. The van der Waals surface area contributed by atoms with Crippen LogP contribution in [0.1, 0.15) is 6.92 Å². The quantitative estimate of drug-likeness (QED) is 0.800. The zero-order chi connectivity index (χ0) is 12.3. The number of anilines is 1. The molecule has 2 heterocycles. The number of nitrogens with one attached hydrogen (secondary N) is 2. The summed E-state index contributed by atoms with van der Waals surface area (Å²) in [6.07, 6.45) is 1.88. The molecule has 0 amide bonds. The van der Waals surface area contributed by atoms with Gasteiger partial charge in [0, 0.05) is 6.54 Å². The molecule has 17 heavy (non-hydrogen) atoms. The molecular weight excluding hydrogens is 228 g/mol. The van der Waals surface area contributed by atoms with Crippen LogP contribution < -0.4 is 5.32 Å². The van der Waals surface area contributed by atoms with Crippen LogP contribution in [0, 0.1) is 0 Å². The average molecular weight is 239 g/mol. The Morgan fingerprint density at radius 3 is 3.06 bits per heavy atom. The molecule has 0 saturated heterocycles. The topological polar surface area (TPSA) is 66.5 Å². The SMILES string of the molecule is C/C(=C\CNc1ncnc2nc[nH]c12)C(F)F. The standard InChI is InChI=1S/C10H11F2N5/c1-6(8(11)12)2-3-13-9-7-10(15-4-14-7)17-5-16-9/h2,4-5,8H,3H2,1H3,(H2,13,14,15,16,17)/b6-2+. The Labute approximate surface area is 96.0 Å². The van der Waals surface area contributed by atoms with Crippen molar-refractivity contribution in [3.8, 4) is 0 Å². The van der Waals surface area contributed by atoms with E-state index < -0.39 is 6.43 Å². The minimum absolute atomic E-state index is 0.0346. The normalized spacial score (nSPS) is 12.4. The van der Waals surface area contributed by atoms with Gasteiger partial charge in [-0.15, -0.1) is 0 Å². The molecule has 0 spiro atoms. The monoisotopic (exact) mass is 239 g/mol. The summed E-state index contributed by atoms with van der Waals surface area (Å²) in [7, 11) is 0. The van der Waals surface area contributed by atoms with Crippen molar-refractivity contribution in [2.75, 3.05) is 11.9 Å². The maximum Gasteiger partial charge on any atom is 0.259 e. The van der Waals surface area contributed by atoms with Gasteiger partial charge < -0.3 is 10.3 Å². The van der Waals surface area contributed by atoms with Crippen LogP contribution >= 0.6 is 0 Å². The number of hydrogen-bond donors (Lipinski definition) is 2. The summed E-state index contributed by atoms with van der Waals surface area (Å²) < 4.78 is 24.4. The van der Waals surface area contributed by atoms with Crippen molar-refractivity contribution in [2.45, 2.75) is 13.3 Å². The first-order valence-corrected chi connectivity index (χ1v) is 5.01. The lowest BCUT2D eigenvalue weighted by Crippen LogP contribution is -2.04. The summed E-state index contributed by atoms with van der Waals surface area (Å²) in [5.74, 6) is 0.547. The molecule has 2 aromatic rings. The van der Waals surface area contributed by atoms with Crippen molar-refractivity contribution < 1.29 is 8.78 Å². The number of allylic oxidation sites excluding steroid dienone is 1. The van der Waals surface area contributed by atoms with Gasteiger partial charge in [0.25, 0.3) is 6.43 Å². The van der Waals surface area contributed by atoms with E-state index in [1.165, 1.54) is 25.7 Å². The largest absolute Gasteiger partial charge is 0.365 e. The van der Waals surface area contributed by atoms with E-state index in [9.17, 15) is 8.78 Å². The number of fused-ring (bicyclic) bond motifs is 1. The highest BCUT2D eigenvalue weighted by Crippen LogP contribution is 2.14. The van der Waals surface area contributed by atoms with Crippen molar-refractivity contribution in [1.82, 2.24) is 19.9 Å². The molecule has 0 aliphatic carbocycles. The molecule has 5 nitrogen and oxygen atoms in total. The Morgan fingerprint density at radius 1 is 1.47 bits per heavy atom. The van der Waals surface area contributed by atoms with Crippen LogP contribution in [0.4, 0.5) is 14.6 Å². The molecule has 0 aliphatic rings. The molecular formula is C10H11F2N5. The lowest BCUT2D eigenvalue weighted by atomic mass is 10.3. The second-order valence-electron chi connectivity index (χ2n) is 3.45. The van der Waals surface area contributed by atoms with E-state index in [0.717, 1.165) is 0 Å². The third-order valence-electron chi connectivity index (χ3n) is 2.26. The number of H-pyrrole nitrogens is 1. The highest BCUT2D eigenvalue weighted by atomic mass is 19.3. The van der Waals surface area contributed by atoms with E-state index in [-0.39, 0.29) is 12.1 Å². The third kappa shape index (κ3) is 2.55. The first-order valence-electron chi connectivity index (χ1n) is 5.01. The maximum absolute atomic E-state index is 12.2. The van der Waals surface area contributed by atoms with Gasteiger partial charge in [-0.1, -0.05) is 6.08 Å². The number of aromatic amines is 1. The summed E-state index contributed by atoms with van der Waals surface area (Å²) in [4.78, 5) is 14.8. The molecule has 7 heteroatoms. The number of imidazole rings is 1. The molecule has 0 saturated carbocycles. The Balaban J connectivity index is 2.09. The Bertz CT molecular complexity index is 534. The Morgan fingerprint density at radius 2 is 2.29 bits per heavy atom. The lowest BCUT2D eigenvalue weighted by molar-refractivity contribution is 0.189. The second-order valence-corrected chi connectivity index (χ2v) is 3.45. The summed E-state index contributed by atoms with van der Waals surface area (Å²) >= 11 is 0. The van der Waals surface area contributed by atoms with E-state index >= 15 is 0 Å². The van der Waals surface area contributed by atoms with Crippen molar-refractivity contribution in [3.05, 3.63) is 24.3 Å². The van der Waals surface area contributed by atoms with Gasteiger partial charge in [0.15, 0.2) is 11.5 Å². The molecule has 0 aliphatic heterocycles. The number of alkyl halides is 2. The molecule has 0 fully saturated rings. The van der Waals surface area contributed by atoms with Crippen LogP contribution in [0.25, 0.3) is 11.2 Å². The van der Waals surface area contributed by atoms with Crippen molar-refractivity contribution in [1.29, 1.82) is 0 Å². The van der Waals surface area contributed by atoms with Crippen LogP contribution in [0.2, 0.25) is 0 Å². The van der Waals surface area contributed by atoms with Crippen LogP contribution in [-0.4, -0.2) is 32.9 Å². The maximum atomic E-state index is 12.2.